The van der Waals surface area contributed by atoms with Crippen LogP contribution >= 0.6 is 0 Å². The van der Waals surface area contributed by atoms with Gasteiger partial charge in [0.2, 0.25) is 5.91 Å². The Morgan fingerprint density at radius 2 is 1.93 bits per heavy atom. The van der Waals surface area contributed by atoms with Gasteiger partial charge in [0.05, 0.1) is 30.7 Å². The monoisotopic (exact) mass is 638 g/mol. The second kappa shape index (κ2) is 15.0. The zero-order valence-electron chi connectivity index (χ0n) is 27.5. The van der Waals surface area contributed by atoms with Crippen molar-refractivity contribution in [2.45, 2.75) is 109 Å². The Morgan fingerprint density at radius 1 is 1.13 bits per heavy atom. The Bertz CT molecular complexity index is 1320. The van der Waals surface area contributed by atoms with E-state index in [-0.39, 0.29) is 49.6 Å². The van der Waals surface area contributed by atoms with Gasteiger partial charge in [-0.3, -0.25) is 19.3 Å². The van der Waals surface area contributed by atoms with Crippen molar-refractivity contribution >= 4 is 23.8 Å². The number of ether oxygens (including phenoxy) is 3. The van der Waals surface area contributed by atoms with E-state index in [2.05, 4.69) is 25.2 Å². The lowest BCUT2D eigenvalue weighted by Crippen LogP contribution is -2.49. The maximum Gasteiger partial charge on any atom is 0.410 e. The van der Waals surface area contributed by atoms with Gasteiger partial charge >= 0.3 is 12.1 Å². The number of rotatable bonds is 8. The van der Waals surface area contributed by atoms with Gasteiger partial charge in [-0.15, -0.1) is 0 Å². The van der Waals surface area contributed by atoms with Gasteiger partial charge in [0.25, 0.3) is 0 Å². The van der Waals surface area contributed by atoms with Crippen LogP contribution in [0.3, 0.4) is 0 Å². The van der Waals surface area contributed by atoms with Gasteiger partial charge in [0, 0.05) is 38.5 Å². The highest BCUT2D eigenvalue weighted by atomic mass is 16.6. The molecule has 1 saturated heterocycles. The summed E-state index contributed by atoms with van der Waals surface area (Å²) in [7, 11) is 0. The van der Waals surface area contributed by atoms with E-state index in [0.29, 0.717) is 38.6 Å². The molecule has 1 aliphatic carbocycles. The molecule has 3 N–H and O–H groups in total. The van der Waals surface area contributed by atoms with Crippen molar-refractivity contribution in [3.05, 3.63) is 41.5 Å². The summed E-state index contributed by atoms with van der Waals surface area (Å²) in [6, 6.07) is 4.66. The molecule has 252 valence electrons. The molecule has 0 unspecified atom stereocenters. The highest BCUT2D eigenvalue weighted by Gasteiger charge is 2.61. The van der Waals surface area contributed by atoms with Crippen molar-refractivity contribution in [1.82, 2.24) is 15.1 Å². The van der Waals surface area contributed by atoms with E-state index in [1.54, 1.807) is 11.8 Å². The molecule has 1 aromatic carbocycles. The van der Waals surface area contributed by atoms with Crippen LogP contribution in [0.4, 0.5) is 4.79 Å². The van der Waals surface area contributed by atoms with Crippen LogP contribution in [0, 0.1) is 11.3 Å². The second-order valence-electron chi connectivity index (χ2n) is 13.5. The normalized spacial score (nSPS) is 28.9. The number of Topliss-reactive ketones (excluding diaryl/α,β-unsaturated/α-hetero) is 1. The number of carbonyl (C=O) groups is 4. The van der Waals surface area contributed by atoms with Crippen molar-refractivity contribution in [2.75, 3.05) is 26.3 Å². The second-order valence-corrected chi connectivity index (χ2v) is 13.5. The minimum absolute atomic E-state index is 0.0233. The fraction of sp³-hybridized carbons (Fsp3) is 0.657. The number of nitrogens with zero attached hydrogens (tertiary/aromatic N) is 2. The number of allylic oxidation sites excluding steroid dienone is 2. The van der Waals surface area contributed by atoms with Gasteiger partial charge < -0.3 is 30.2 Å². The number of hydrogen-bond donors (Lipinski definition) is 2. The molecule has 11 heteroatoms. The molecule has 5 atom stereocenters. The van der Waals surface area contributed by atoms with Gasteiger partial charge in [-0.25, -0.2) is 4.79 Å². The van der Waals surface area contributed by atoms with Crippen molar-refractivity contribution in [3.8, 4) is 5.75 Å². The maximum atomic E-state index is 13.9. The lowest BCUT2D eigenvalue weighted by molar-refractivity contribution is -0.152. The molecule has 4 aliphatic rings. The average molecular weight is 639 g/mol. The number of esters is 1. The molecule has 11 nitrogen and oxygen atoms in total. The molecule has 0 spiro atoms. The average Bonchev–Trinajstić information content (AvgIpc) is 3.33. The lowest BCUT2D eigenvalue weighted by Gasteiger charge is -2.27. The first-order valence-corrected chi connectivity index (χ1v) is 17.0. The predicted molar refractivity (Wildman–Crippen MR) is 172 cm³/mol. The predicted octanol–water partition coefficient (Wildman–Crippen LogP) is 3.86. The quantitative estimate of drug-likeness (QED) is 0.247. The number of hydrogen-bond acceptors (Lipinski definition) is 9. The molecule has 3 heterocycles. The molecule has 0 aromatic heterocycles. The molecular formula is C35H50N4O7. The third-order valence-electron chi connectivity index (χ3n) is 9.64. The summed E-state index contributed by atoms with van der Waals surface area (Å²) in [6.07, 6.45) is 7.77. The van der Waals surface area contributed by atoms with Crippen LogP contribution < -0.4 is 15.8 Å². The van der Waals surface area contributed by atoms with Crippen LogP contribution in [0.15, 0.2) is 30.4 Å². The minimum Gasteiger partial charge on any atom is -0.492 e. The summed E-state index contributed by atoms with van der Waals surface area (Å²) < 4.78 is 17.2. The number of nitrogens with one attached hydrogen (secondary N) is 1. The van der Waals surface area contributed by atoms with E-state index in [1.807, 2.05) is 24.3 Å². The van der Waals surface area contributed by atoms with Crippen LogP contribution in [0.2, 0.25) is 0 Å². The summed E-state index contributed by atoms with van der Waals surface area (Å²) in [5.74, 6) is -0.217. The van der Waals surface area contributed by atoms with Crippen LogP contribution in [0.1, 0.15) is 83.3 Å². The lowest BCUT2D eigenvalue weighted by atomic mass is 9.91. The molecule has 3 aliphatic heterocycles. The molecule has 2 amide bonds. The van der Waals surface area contributed by atoms with Gasteiger partial charge in [0.1, 0.15) is 18.5 Å². The Morgan fingerprint density at radius 3 is 2.72 bits per heavy atom. The Hall–Kier alpha value is -3.44. The van der Waals surface area contributed by atoms with E-state index >= 15 is 0 Å². The van der Waals surface area contributed by atoms with Gasteiger partial charge in [0.15, 0.2) is 5.78 Å². The Labute approximate surface area is 272 Å². The molecule has 0 radical (unpaired) electrons. The maximum absolute atomic E-state index is 13.9. The standard InChI is InChI=1S/C35H50N4O7/c1-4-44-33(42)35-18-26(35)10-8-6-5-7-9-11-29(36)32(41)39-22-28(17-30(39)31(40)19-35)46-34(43)38-20-24-12-13-27(16-25(24)21-38)45-15-14-37-23(2)3/h8,10,12-13,16,23,26,28-30,37H,4-7,9,11,14-15,17-22,36H2,1-3H3/b10-8-/t26-,28-,29+,30+,35-/m1/s1. The first-order chi connectivity index (χ1) is 22.1. The topological polar surface area (TPSA) is 141 Å². The van der Waals surface area contributed by atoms with Crippen molar-refractivity contribution in [1.29, 1.82) is 0 Å². The first kappa shape index (κ1) is 33.9. The molecular weight excluding hydrogens is 588 g/mol. The summed E-state index contributed by atoms with van der Waals surface area (Å²) >= 11 is 0. The third-order valence-corrected chi connectivity index (χ3v) is 9.64. The Balaban J connectivity index is 1.25. The molecule has 46 heavy (non-hydrogen) atoms. The SMILES string of the molecule is CCOC(=O)[C@]12CC(=O)[C@@H]3C[C@@H](OC(=O)N4Cc5ccc(OCCNC(C)C)cc5C4)CN3C(=O)[C@@H](N)CCCCC/C=C\[C@@H]1C2. The van der Waals surface area contributed by atoms with Crippen LogP contribution in [-0.2, 0) is 36.9 Å². The van der Waals surface area contributed by atoms with E-state index < -0.39 is 29.7 Å². The Kier molecular flexibility index (Phi) is 11.0. The third kappa shape index (κ3) is 7.91. The fourth-order valence-electron chi connectivity index (χ4n) is 6.95. The number of nitrogens with two attached hydrogens (primary N) is 1. The summed E-state index contributed by atoms with van der Waals surface area (Å²) in [4.78, 5) is 57.0. The number of amides is 2. The smallest absolute Gasteiger partial charge is 0.410 e. The van der Waals surface area contributed by atoms with E-state index in [0.717, 1.165) is 49.1 Å². The van der Waals surface area contributed by atoms with Crippen LogP contribution in [0.25, 0.3) is 0 Å². The molecule has 5 rings (SSSR count). The zero-order chi connectivity index (χ0) is 32.8. The van der Waals surface area contributed by atoms with Crippen LogP contribution in [0.5, 0.6) is 5.75 Å². The van der Waals surface area contributed by atoms with E-state index in [9.17, 15) is 19.2 Å². The highest BCUT2D eigenvalue weighted by molar-refractivity contribution is 5.95. The van der Waals surface area contributed by atoms with Crippen LogP contribution in [-0.4, -0.2) is 84.1 Å². The van der Waals surface area contributed by atoms with E-state index in [4.69, 9.17) is 19.9 Å². The van der Waals surface area contributed by atoms with Crippen molar-refractivity contribution < 1.29 is 33.4 Å². The van der Waals surface area contributed by atoms with Crippen molar-refractivity contribution in [2.24, 2.45) is 17.1 Å². The number of benzene rings is 1. The van der Waals surface area contributed by atoms with E-state index in [1.165, 1.54) is 4.90 Å². The summed E-state index contributed by atoms with van der Waals surface area (Å²) in [5.41, 5.74) is 7.46. The summed E-state index contributed by atoms with van der Waals surface area (Å²) in [5, 5.41) is 3.32. The van der Waals surface area contributed by atoms with Gasteiger partial charge in [-0.2, -0.15) is 0 Å². The first-order valence-electron chi connectivity index (χ1n) is 17.0. The molecule has 1 saturated carbocycles. The molecule has 1 aromatic rings. The number of carbonyl (C=O) groups excluding carboxylic acids is 4. The molecule has 2 fully saturated rings. The number of fused-ring (bicyclic) bond motifs is 3. The van der Waals surface area contributed by atoms with Crippen molar-refractivity contribution in [3.63, 3.8) is 0 Å². The largest absolute Gasteiger partial charge is 0.492 e. The van der Waals surface area contributed by atoms with Gasteiger partial charge in [-0.05, 0) is 61.8 Å². The van der Waals surface area contributed by atoms with Gasteiger partial charge in [-0.1, -0.05) is 44.9 Å². The number of ketones is 1. The fourth-order valence-corrected chi connectivity index (χ4v) is 6.95. The summed E-state index contributed by atoms with van der Waals surface area (Å²) in [6.45, 7) is 8.32. The minimum atomic E-state index is -0.912. The zero-order valence-corrected chi connectivity index (χ0v) is 27.5. The highest BCUT2D eigenvalue weighted by Crippen LogP contribution is 2.57. The molecule has 0 bridgehead atoms.